The lowest BCUT2D eigenvalue weighted by molar-refractivity contribution is 0.162. The van der Waals surface area contributed by atoms with E-state index in [1.165, 1.54) is 15.1 Å². The third-order valence-electron chi connectivity index (χ3n) is 3.43. The number of nitrogens with two attached hydrogens (primary N) is 1. The van der Waals surface area contributed by atoms with Crippen LogP contribution in [0.3, 0.4) is 0 Å². The maximum atomic E-state index is 6.22. The summed E-state index contributed by atoms with van der Waals surface area (Å²) >= 11 is 5.34. The standard InChI is InChI=1S/C14H25BrN2S/c1-5-10(3)9-17(6-2)14(11(4)16)12-7-8-13(15)18-12/h7-8,10-11,14H,5-6,9,16H2,1-4H3. The van der Waals surface area contributed by atoms with Gasteiger partial charge in [0.1, 0.15) is 0 Å². The molecule has 3 atom stereocenters. The van der Waals surface area contributed by atoms with Gasteiger partial charge >= 0.3 is 0 Å². The maximum Gasteiger partial charge on any atom is 0.0702 e. The maximum absolute atomic E-state index is 6.22. The van der Waals surface area contributed by atoms with E-state index in [2.05, 4.69) is 60.7 Å². The Balaban J connectivity index is 2.88. The van der Waals surface area contributed by atoms with Gasteiger partial charge in [0.2, 0.25) is 0 Å². The van der Waals surface area contributed by atoms with E-state index in [-0.39, 0.29) is 6.04 Å². The van der Waals surface area contributed by atoms with Crippen molar-refractivity contribution in [3.05, 3.63) is 20.8 Å². The molecule has 4 heteroatoms. The van der Waals surface area contributed by atoms with Gasteiger partial charge in [0, 0.05) is 17.5 Å². The van der Waals surface area contributed by atoms with Crippen LogP contribution in [0.2, 0.25) is 0 Å². The van der Waals surface area contributed by atoms with Gasteiger partial charge in [-0.15, -0.1) is 11.3 Å². The lowest BCUT2D eigenvalue weighted by atomic mass is 10.0. The number of halogens is 1. The summed E-state index contributed by atoms with van der Waals surface area (Å²) in [6.07, 6.45) is 1.22. The quantitative estimate of drug-likeness (QED) is 0.807. The molecule has 104 valence electrons. The van der Waals surface area contributed by atoms with Crippen LogP contribution in [-0.4, -0.2) is 24.0 Å². The monoisotopic (exact) mass is 332 g/mol. The fourth-order valence-corrected chi connectivity index (χ4v) is 3.90. The van der Waals surface area contributed by atoms with Crippen molar-refractivity contribution in [2.75, 3.05) is 13.1 Å². The van der Waals surface area contributed by atoms with E-state index >= 15 is 0 Å². The molecule has 0 saturated carbocycles. The highest BCUT2D eigenvalue weighted by molar-refractivity contribution is 9.11. The summed E-state index contributed by atoms with van der Waals surface area (Å²) in [7, 11) is 0. The van der Waals surface area contributed by atoms with Crippen LogP contribution >= 0.6 is 27.3 Å². The smallest absolute Gasteiger partial charge is 0.0702 e. The van der Waals surface area contributed by atoms with E-state index in [4.69, 9.17) is 5.73 Å². The second kappa shape index (κ2) is 7.63. The Bertz CT molecular complexity index is 351. The molecular weight excluding hydrogens is 308 g/mol. The normalized spacial score (nSPS) is 16.8. The van der Waals surface area contributed by atoms with Crippen molar-refractivity contribution < 1.29 is 0 Å². The first-order chi connectivity index (χ1) is 8.49. The number of hydrogen-bond donors (Lipinski definition) is 1. The van der Waals surface area contributed by atoms with Crippen LogP contribution in [0.25, 0.3) is 0 Å². The molecule has 0 aliphatic rings. The third kappa shape index (κ3) is 4.34. The third-order valence-corrected chi connectivity index (χ3v) is 5.12. The number of thiophene rings is 1. The van der Waals surface area contributed by atoms with E-state index in [1.807, 2.05) is 0 Å². The van der Waals surface area contributed by atoms with Crippen LogP contribution in [0.5, 0.6) is 0 Å². The molecule has 1 aromatic rings. The number of nitrogens with zero attached hydrogens (tertiary/aromatic N) is 1. The van der Waals surface area contributed by atoms with Gasteiger partial charge in [-0.25, -0.2) is 0 Å². The predicted molar refractivity (Wildman–Crippen MR) is 85.1 cm³/mol. The molecule has 0 aliphatic carbocycles. The van der Waals surface area contributed by atoms with Gasteiger partial charge in [0.05, 0.1) is 9.83 Å². The lowest BCUT2D eigenvalue weighted by Gasteiger charge is -2.34. The van der Waals surface area contributed by atoms with Crippen molar-refractivity contribution in [3.8, 4) is 0 Å². The minimum Gasteiger partial charge on any atom is -0.326 e. The lowest BCUT2D eigenvalue weighted by Crippen LogP contribution is -2.41. The molecule has 1 aromatic heterocycles. The average Bonchev–Trinajstić information content (AvgIpc) is 2.73. The fourth-order valence-electron chi connectivity index (χ4n) is 2.23. The molecule has 0 radical (unpaired) electrons. The van der Waals surface area contributed by atoms with Gasteiger partial charge in [0.15, 0.2) is 0 Å². The van der Waals surface area contributed by atoms with Crippen LogP contribution in [-0.2, 0) is 0 Å². The van der Waals surface area contributed by atoms with Crippen molar-refractivity contribution in [1.29, 1.82) is 0 Å². The van der Waals surface area contributed by atoms with Gasteiger partial charge in [0.25, 0.3) is 0 Å². The minimum atomic E-state index is 0.152. The Hall–Kier alpha value is 0.1000. The highest BCUT2D eigenvalue weighted by atomic mass is 79.9. The predicted octanol–water partition coefficient (Wildman–Crippen LogP) is 4.27. The van der Waals surface area contributed by atoms with Crippen LogP contribution < -0.4 is 5.73 Å². The molecule has 0 spiro atoms. The first-order valence-electron chi connectivity index (χ1n) is 6.74. The molecule has 0 bridgehead atoms. The van der Waals surface area contributed by atoms with E-state index in [0.29, 0.717) is 6.04 Å². The summed E-state index contributed by atoms with van der Waals surface area (Å²) < 4.78 is 1.18. The Morgan fingerprint density at radius 3 is 2.39 bits per heavy atom. The molecule has 0 amide bonds. The topological polar surface area (TPSA) is 29.3 Å². The van der Waals surface area contributed by atoms with Crippen molar-refractivity contribution in [2.24, 2.45) is 11.7 Å². The Labute approximate surface area is 124 Å². The van der Waals surface area contributed by atoms with E-state index in [1.54, 1.807) is 11.3 Å². The SMILES string of the molecule is CCC(C)CN(CC)C(c1ccc(Br)s1)C(C)N. The largest absolute Gasteiger partial charge is 0.326 e. The average molecular weight is 333 g/mol. The summed E-state index contributed by atoms with van der Waals surface area (Å²) in [6, 6.07) is 4.80. The van der Waals surface area contributed by atoms with Crippen molar-refractivity contribution in [2.45, 2.75) is 46.2 Å². The molecule has 0 aromatic carbocycles. The van der Waals surface area contributed by atoms with Crippen LogP contribution in [0.4, 0.5) is 0 Å². The molecule has 1 heterocycles. The van der Waals surface area contributed by atoms with Gasteiger partial charge in [-0.1, -0.05) is 27.2 Å². The zero-order valence-electron chi connectivity index (χ0n) is 11.8. The summed E-state index contributed by atoms with van der Waals surface area (Å²) in [4.78, 5) is 3.87. The van der Waals surface area contributed by atoms with E-state index < -0.39 is 0 Å². The molecule has 1 rings (SSSR count). The zero-order chi connectivity index (χ0) is 13.7. The molecule has 2 N–H and O–H groups in total. The highest BCUT2D eigenvalue weighted by Gasteiger charge is 2.25. The van der Waals surface area contributed by atoms with Gasteiger partial charge < -0.3 is 5.73 Å². The summed E-state index contributed by atoms with van der Waals surface area (Å²) in [5, 5.41) is 0. The molecule has 0 fully saturated rings. The Morgan fingerprint density at radius 2 is 2.00 bits per heavy atom. The molecule has 18 heavy (non-hydrogen) atoms. The van der Waals surface area contributed by atoms with Crippen LogP contribution in [0, 0.1) is 5.92 Å². The molecular formula is C14H25BrN2S. The number of hydrogen-bond acceptors (Lipinski definition) is 3. The van der Waals surface area contributed by atoms with Crippen molar-refractivity contribution in [3.63, 3.8) is 0 Å². The number of rotatable bonds is 7. The Kier molecular flexibility index (Phi) is 6.85. The van der Waals surface area contributed by atoms with E-state index in [9.17, 15) is 0 Å². The summed E-state index contributed by atoms with van der Waals surface area (Å²) in [5.74, 6) is 0.717. The summed E-state index contributed by atoms with van der Waals surface area (Å²) in [5.41, 5.74) is 6.22. The number of likely N-dealkylation sites (N-methyl/N-ethyl adjacent to an activating group) is 1. The van der Waals surface area contributed by atoms with E-state index in [0.717, 1.165) is 19.0 Å². The van der Waals surface area contributed by atoms with Crippen molar-refractivity contribution in [1.82, 2.24) is 4.90 Å². The minimum absolute atomic E-state index is 0.152. The zero-order valence-corrected chi connectivity index (χ0v) is 14.2. The van der Waals surface area contributed by atoms with Gasteiger partial charge in [-0.2, -0.15) is 0 Å². The van der Waals surface area contributed by atoms with Gasteiger partial charge in [-0.3, -0.25) is 4.90 Å². The highest BCUT2D eigenvalue weighted by Crippen LogP contribution is 2.32. The molecule has 2 nitrogen and oxygen atoms in total. The molecule has 0 saturated heterocycles. The van der Waals surface area contributed by atoms with Crippen LogP contribution in [0.1, 0.15) is 45.0 Å². The second-order valence-corrected chi connectivity index (χ2v) is 7.54. The Morgan fingerprint density at radius 1 is 1.33 bits per heavy atom. The fraction of sp³-hybridized carbons (Fsp3) is 0.714. The van der Waals surface area contributed by atoms with Crippen LogP contribution in [0.15, 0.2) is 15.9 Å². The second-order valence-electron chi connectivity index (χ2n) is 5.05. The van der Waals surface area contributed by atoms with Crippen molar-refractivity contribution >= 4 is 27.3 Å². The molecule has 3 unspecified atom stereocenters. The molecule has 0 aliphatic heterocycles. The first kappa shape index (κ1) is 16.2. The summed E-state index contributed by atoms with van der Waals surface area (Å²) in [6.45, 7) is 11.1. The first-order valence-corrected chi connectivity index (χ1v) is 8.35. The van der Waals surface area contributed by atoms with Gasteiger partial charge in [-0.05, 0) is 47.4 Å².